The van der Waals surface area contributed by atoms with Crippen LogP contribution in [0.2, 0.25) is 0 Å². The van der Waals surface area contributed by atoms with E-state index >= 15 is 0 Å². The van der Waals surface area contributed by atoms with E-state index < -0.39 is 16.4 Å². The SMILES string of the molecule is O=C(c1ccc([N+](=O)[O-])o1)N1CCN(CCNc2cc(=O)oc3ccccc23)CC1. The highest BCUT2D eigenvalue weighted by atomic mass is 16.6. The number of nitrogens with one attached hydrogen (secondary N) is 1. The van der Waals surface area contributed by atoms with Crippen LogP contribution in [0.4, 0.5) is 11.6 Å². The maximum atomic E-state index is 12.4. The molecule has 1 amide bonds. The van der Waals surface area contributed by atoms with E-state index in [9.17, 15) is 19.7 Å². The van der Waals surface area contributed by atoms with Crippen LogP contribution in [-0.2, 0) is 0 Å². The van der Waals surface area contributed by atoms with Crippen LogP contribution >= 0.6 is 0 Å². The molecule has 0 aliphatic carbocycles. The molecule has 3 heterocycles. The van der Waals surface area contributed by atoms with Crippen molar-refractivity contribution in [1.82, 2.24) is 9.80 Å². The van der Waals surface area contributed by atoms with Gasteiger partial charge in [0.05, 0.1) is 11.8 Å². The van der Waals surface area contributed by atoms with E-state index in [1.165, 1.54) is 18.2 Å². The minimum Gasteiger partial charge on any atom is -0.423 e. The molecule has 1 aliphatic heterocycles. The van der Waals surface area contributed by atoms with Crippen LogP contribution in [0.15, 0.2) is 56.1 Å². The summed E-state index contributed by atoms with van der Waals surface area (Å²) in [4.78, 5) is 38.0. The van der Waals surface area contributed by atoms with Crippen molar-refractivity contribution in [2.75, 3.05) is 44.6 Å². The highest BCUT2D eigenvalue weighted by Crippen LogP contribution is 2.21. The van der Waals surface area contributed by atoms with Gasteiger partial charge in [-0.1, -0.05) is 12.1 Å². The lowest BCUT2D eigenvalue weighted by molar-refractivity contribution is -0.402. The predicted octanol–water partition coefficient (Wildman–Crippen LogP) is 2.16. The molecule has 0 atom stereocenters. The van der Waals surface area contributed by atoms with E-state index in [0.717, 1.165) is 17.6 Å². The van der Waals surface area contributed by atoms with Gasteiger partial charge in [0.1, 0.15) is 10.5 Å². The van der Waals surface area contributed by atoms with E-state index in [2.05, 4.69) is 10.2 Å². The fourth-order valence-electron chi connectivity index (χ4n) is 3.48. The van der Waals surface area contributed by atoms with Gasteiger partial charge in [-0.25, -0.2) is 4.79 Å². The molecule has 0 bridgehead atoms. The number of hydrogen-bond acceptors (Lipinski definition) is 8. The van der Waals surface area contributed by atoms with E-state index in [1.54, 1.807) is 11.0 Å². The summed E-state index contributed by atoms with van der Waals surface area (Å²) in [5, 5.41) is 14.8. The third kappa shape index (κ3) is 4.18. The zero-order chi connectivity index (χ0) is 21.1. The zero-order valence-electron chi connectivity index (χ0n) is 16.1. The molecular weight excluding hydrogens is 392 g/mol. The number of para-hydroxylation sites is 1. The topological polar surface area (TPSA) is 122 Å². The minimum atomic E-state index is -0.665. The van der Waals surface area contributed by atoms with Crippen LogP contribution in [0.25, 0.3) is 11.0 Å². The Balaban J connectivity index is 1.29. The van der Waals surface area contributed by atoms with Gasteiger partial charge in [0, 0.05) is 50.7 Å². The molecule has 1 saturated heterocycles. The Labute approximate surface area is 170 Å². The average molecular weight is 412 g/mol. The normalized spacial score (nSPS) is 14.7. The molecule has 30 heavy (non-hydrogen) atoms. The molecule has 1 N–H and O–H groups in total. The molecule has 0 saturated carbocycles. The molecule has 0 radical (unpaired) electrons. The number of nitrogens with zero attached hydrogens (tertiary/aromatic N) is 3. The fourth-order valence-corrected chi connectivity index (χ4v) is 3.48. The van der Waals surface area contributed by atoms with Crippen LogP contribution in [0.5, 0.6) is 0 Å². The Morgan fingerprint density at radius 1 is 1.10 bits per heavy atom. The molecule has 3 aromatic rings. The Hall–Kier alpha value is -3.66. The Morgan fingerprint density at radius 2 is 1.87 bits per heavy atom. The van der Waals surface area contributed by atoms with Crippen molar-refractivity contribution in [3.05, 3.63) is 68.8 Å². The monoisotopic (exact) mass is 412 g/mol. The molecule has 10 heteroatoms. The lowest BCUT2D eigenvalue weighted by atomic mass is 10.2. The van der Waals surface area contributed by atoms with E-state index in [1.807, 2.05) is 18.2 Å². The first kappa shape index (κ1) is 19.6. The van der Waals surface area contributed by atoms with Crippen molar-refractivity contribution in [2.24, 2.45) is 0 Å². The second-order valence-electron chi connectivity index (χ2n) is 6.93. The standard InChI is InChI=1S/C20H20N4O6/c25-19-13-15(14-3-1-2-4-16(14)30-19)21-7-8-22-9-11-23(12-10-22)20(26)17-5-6-18(29-17)24(27)28/h1-6,13,21H,7-12H2. The van der Waals surface area contributed by atoms with E-state index in [-0.39, 0.29) is 11.7 Å². The number of hydrogen-bond donors (Lipinski definition) is 1. The number of piperazine rings is 1. The Bertz CT molecular complexity index is 1130. The maximum absolute atomic E-state index is 12.4. The third-order valence-corrected chi connectivity index (χ3v) is 5.04. The molecule has 1 aromatic carbocycles. The highest BCUT2D eigenvalue weighted by molar-refractivity contribution is 5.92. The second kappa shape index (κ2) is 8.37. The van der Waals surface area contributed by atoms with Crippen LogP contribution in [0.3, 0.4) is 0 Å². The summed E-state index contributed by atoms with van der Waals surface area (Å²) in [5.41, 5.74) is 0.870. The molecule has 2 aromatic heterocycles. The largest absolute Gasteiger partial charge is 0.433 e. The van der Waals surface area contributed by atoms with Gasteiger partial charge in [0.2, 0.25) is 0 Å². The second-order valence-corrected chi connectivity index (χ2v) is 6.93. The van der Waals surface area contributed by atoms with Gasteiger partial charge in [-0.05, 0) is 18.2 Å². The van der Waals surface area contributed by atoms with Gasteiger partial charge in [0.25, 0.3) is 5.91 Å². The first-order chi connectivity index (χ1) is 14.5. The third-order valence-electron chi connectivity index (χ3n) is 5.04. The molecule has 1 fully saturated rings. The number of carbonyl (C=O) groups is 1. The van der Waals surface area contributed by atoms with Crippen LogP contribution in [-0.4, -0.2) is 59.9 Å². The van der Waals surface area contributed by atoms with Crippen molar-refractivity contribution in [3.63, 3.8) is 0 Å². The number of furan rings is 1. The van der Waals surface area contributed by atoms with Gasteiger partial charge >= 0.3 is 11.5 Å². The zero-order valence-corrected chi connectivity index (χ0v) is 16.1. The van der Waals surface area contributed by atoms with Crippen molar-refractivity contribution in [2.45, 2.75) is 0 Å². The molecule has 10 nitrogen and oxygen atoms in total. The van der Waals surface area contributed by atoms with Crippen molar-refractivity contribution < 1.29 is 18.6 Å². The quantitative estimate of drug-likeness (QED) is 0.371. The highest BCUT2D eigenvalue weighted by Gasteiger charge is 2.25. The summed E-state index contributed by atoms with van der Waals surface area (Å²) in [7, 11) is 0. The van der Waals surface area contributed by atoms with Crippen molar-refractivity contribution in [1.29, 1.82) is 0 Å². The predicted molar refractivity (Wildman–Crippen MR) is 109 cm³/mol. The number of rotatable bonds is 6. The van der Waals surface area contributed by atoms with Crippen LogP contribution < -0.4 is 10.9 Å². The van der Waals surface area contributed by atoms with Gasteiger partial charge in [0.15, 0.2) is 5.76 Å². The van der Waals surface area contributed by atoms with Crippen LogP contribution in [0, 0.1) is 10.1 Å². The van der Waals surface area contributed by atoms with Gasteiger partial charge < -0.3 is 19.1 Å². The van der Waals surface area contributed by atoms with Gasteiger partial charge in [-0.3, -0.25) is 19.8 Å². The molecule has 4 rings (SSSR count). The fraction of sp³-hybridized carbons (Fsp3) is 0.300. The van der Waals surface area contributed by atoms with Gasteiger partial charge in [-0.2, -0.15) is 0 Å². The number of benzene rings is 1. The van der Waals surface area contributed by atoms with E-state index in [4.69, 9.17) is 8.83 Å². The molecular formula is C20H20N4O6. The number of fused-ring (bicyclic) bond motifs is 1. The first-order valence-corrected chi connectivity index (χ1v) is 9.54. The summed E-state index contributed by atoms with van der Waals surface area (Å²) < 4.78 is 10.2. The number of amides is 1. The van der Waals surface area contributed by atoms with Crippen molar-refractivity contribution in [3.8, 4) is 0 Å². The molecule has 156 valence electrons. The summed E-state index contributed by atoms with van der Waals surface area (Å²) >= 11 is 0. The smallest absolute Gasteiger partial charge is 0.423 e. The summed E-state index contributed by atoms with van der Waals surface area (Å²) in [6.45, 7) is 3.73. The van der Waals surface area contributed by atoms with E-state index in [0.29, 0.717) is 38.3 Å². The van der Waals surface area contributed by atoms with Gasteiger partial charge in [-0.15, -0.1) is 0 Å². The van der Waals surface area contributed by atoms with Crippen molar-refractivity contribution >= 4 is 28.4 Å². The molecule has 0 spiro atoms. The number of anilines is 1. The Kier molecular flexibility index (Phi) is 5.48. The Morgan fingerprint density at radius 3 is 2.60 bits per heavy atom. The lowest BCUT2D eigenvalue weighted by Crippen LogP contribution is -2.49. The van der Waals surface area contributed by atoms with Crippen LogP contribution in [0.1, 0.15) is 10.6 Å². The summed E-state index contributed by atoms with van der Waals surface area (Å²) in [6.07, 6.45) is 0. The average Bonchev–Trinajstić information content (AvgIpc) is 3.24. The summed E-state index contributed by atoms with van der Waals surface area (Å²) in [6, 6.07) is 11.3. The molecule has 1 aliphatic rings. The lowest BCUT2D eigenvalue weighted by Gasteiger charge is -2.34. The summed E-state index contributed by atoms with van der Waals surface area (Å²) in [5.74, 6) is -0.805. The molecule has 0 unspecified atom stereocenters. The number of carbonyl (C=O) groups excluding carboxylic acids is 1. The number of nitro groups is 1. The minimum absolute atomic E-state index is 0.0217. The maximum Gasteiger partial charge on any atom is 0.433 e. The first-order valence-electron chi connectivity index (χ1n) is 9.54.